The van der Waals surface area contributed by atoms with Crippen LogP contribution in [0.4, 0.5) is 18.9 Å². The smallest absolute Gasteiger partial charge is 0.416 e. The monoisotopic (exact) mass is 424 g/mol. The van der Waals surface area contributed by atoms with Crippen molar-refractivity contribution in [1.82, 2.24) is 4.90 Å². The normalized spacial score (nSPS) is 16.9. The van der Waals surface area contributed by atoms with E-state index in [2.05, 4.69) is 5.32 Å². The number of carbonyl (C=O) groups excluding carboxylic acids is 2. The molecule has 1 aromatic heterocycles. The molecule has 162 valence electrons. The van der Waals surface area contributed by atoms with Crippen molar-refractivity contribution in [2.75, 3.05) is 25.0 Å². The first-order valence-corrected chi connectivity index (χ1v) is 9.76. The van der Waals surface area contributed by atoms with Crippen molar-refractivity contribution in [3.05, 3.63) is 47.9 Å². The van der Waals surface area contributed by atoms with E-state index in [4.69, 9.17) is 9.15 Å². The van der Waals surface area contributed by atoms with Gasteiger partial charge in [0.25, 0.3) is 5.91 Å². The Labute approximate surface area is 172 Å². The van der Waals surface area contributed by atoms with Gasteiger partial charge >= 0.3 is 6.18 Å². The molecule has 1 saturated heterocycles. The Morgan fingerprint density at radius 3 is 2.77 bits per heavy atom. The number of hydrogen-bond donors (Lipinski definition) is 1. The van der Waals surface area contributed by atoms with Crippen molar-refractivity contribution in [3.8, 4) is 5.75 Å². The maximum atomic E-state index is 13.1. The van der Waals surface area contributed by atoms with Crippen LogP contribution < -0.4 is 10.1 Å². The molecule has 0 aliphatic carbocycles. The third-order valence-electron chi connectivity index (χ3n) is 4.87. The number of anilines is 1. The van der Waals surface area contributed by atoms with Crippen LogP contribution >= 0.6 is 0 Å². The van der Waals surface area contributed by atoms with Crippen LogP contribution in [0.5, 0.6) is 5.75 Å². The van der Waals surface area contributed by atoms with Crippen molar-refractivity contribution in [3.63, 3.8) is 0 Å². The number of ether oxygens (including phenoxy) is 1. The standard InChI is InChI=1S/C21H23F3N2O4/c1-2-9-30-18-6-5-16(21(22,23)24)11-17(18)25-19(27)14-4-3-8-26(12-14)20(28)15-7-10-29-13-15/h5-7,10-11,13-14H,2-4,8-9,12H2,1H3,(H,25,27). The van der Waals surface area contributed by atoms with E-state index in [1.807, 2.05) is 6.92 Å². The Morgan fingerprint density at radius 1 is 1.30 bits per heavy atom. The molecule has 3 rings (SSSR count). The van der Waals surface area contributed by atoms with Crippen LogP contribution in [0.1, 0.15) is 42.1 Å². The van der Waals surface area contributed by atoms with Gasteiger partial charge in [-0.2, -0.15) is 13.2 Å². The van der Waals surface area contributed by atoms with Gasteiger partial charge < -0.3 is 19.4 Å². The van der Waals surface area contributed by atoms with E-state index < -0.39 is 23.6 Å². The summed E-state index contributed by atoms with van der Waals surface area (Å²) in [7, 11) is 0. The van der Waals surface area contributed by atoms with Crippen molar-refractivity contribution < 1.29 is 31.9 Å². The van der Waals surface area contributed by atoms with Gasteiger partial charge in [-0.25, -0.2) is 0 Å². The second kappa shape index (κ2) is 9.23. The molecular weight excluding hydrogens is 401 g/mol. The van der Waals surface area contributed by atoms with Crippen molar-refractivity contribution in [2.45, 2.75) is 32.4 Å². The van der Waals surface area contributed by atoms with Gasteiger partial charge in [0.05, 0.1) is 35.6 Å². The number of alkyl halides is 3. The zero-order valence-electron chi connectivity index (χ0n) is 16.5. The van der Waals surface area contributed by atoms with Crippen LogP contribution in [0.2, 0.25) is 0 Å². The topological polar surface area (TPSA) is 71.8 Å². The molecule has 0 radical (unpaired) electrons. The fourth-order valence-electron chi connectivity index (χ4n) is 3.32. The average Bonchev–Trinajstić information content (AvgIpc) is 3.26. The Balaban J connectivity index is 1.74. The molecule has 1 aliphatic rings. The minimum atomic E-state index is -4.54. The van der Waals surface area contributed by atoms with E-state index in [0.717, 1.165) is 12.1 Å². The summed E-state index contributed by atoms with van der Waals surface area (Å²) in [5, 5.41) is 2.58. The summed E-state index contributed by atoms with van der Waals surface area (Å²) >= 11 is 0. The number of furan rings is 1. The predicted octanol–water partition coefficient (Wildman–Crippen LogP) is 4.58. The summed E-state index contributed by atoms with van der Waals surface area (Å²) in [4.78, 5) is 26.9. The number of carbonyl (C=O) groups is 2. The Kier molecular flexibility index (Phi) is 6.69. The van der Waals surface area contributed by atoms with Crippen molar-refractivity contribution in [2.24, 2.45) is 5.92 Å². The number of amides is 2. The summed E-state index contributed by atoms with van der Waals surface area (Å²) in [6.45, 7) is 2.86. The van der Waals surface area contributed by atoms with Crippen LogP contribution in [0, 0.1) is 5.92 Å². The molecule has 0 spiro atoms. The fraction of sp³-hybridized carbons (Fsp3) is 0.429. The third-order valence-corrected chi connectivity index (χ3v) is 4.87. The number of hydrogen-bond acceptors (Lipinski definition) is 4. The van der Waals surface area contributed by atoms with Crippen LogP contribution in [-0.2, 0) is 11.0 Å². The van der Waals surface area contributed by atoms with E-state index in [0.29, 0.717) is 38.0 Å². The Morgan fingerprint density at radius 2 is 2.10 bits per heavy atom. The maximum Gasteiger partial charge on any atom is 0.416 e. The zero-order chi connectivity index (χ0) is 21.7. The Bertz CT molecular complexity index is 881. The van der Waals surface area contributed by atoms with Crippen LogP contribution in [0.15, 0.2) is 41.2 Å². The van der Waals surface area contributed by atoms with Crippen LogP contribution in [-0.4, -0.2) is 36.4 Å². The second-order valence-electron chi connectivity index (χ2n) is 7.15. The van der Waals surface area contributed by atoms with Crippen molar-refractivity contribution >= 4 is 17.5 Å². The van der Waals surface area contributed by atoms with Gasteiger partial charge in [0, 0.05) is 13.1 Å². The fourth-order valence-corrected chi connectivity index (χ4v) is 3.32. The van der Waals surface area contributed by atoms with E-state index >= 15 is 0 Å². The highest BCUT2D eigenvalue weighted by atomic mass is 19.4. The second-order valence-corrected chi connectivity index (χ2v) is 7.15. The number of benzene rings is 1. The average molecular weight is 424 g/mol. The van der Waals surface area contributed by atoms with Gasteiger partial charge in [0.15, 0.2) is 0 Å². The molecule has 2 heterocycles. The molecule has 1 unspecified atom stereocenters. The number of nitrogens with one attached hydrogen (secondary N) is 1. The van der Waals surface area contributed by atoms with Gasteiger partial charge in [-0.1, -0.05) is 6.92 Å². The minimum Gasteiger partial charge on any atom is -0.491 e. The molecule has 1 N–H and O–H groups in total. The van der Waals surface area contributed by atoms with Crippen molar-refractivity contribution in [1.29, 1.82) is 0 Å². The van der Waals surface area contributed by atoms with E-state index in [1.54, 1.807) is 11.0 Å². The van der Waals surface area contributed by atoms with Crippen LogP contribution in [0.25, 0.3) is 0 Å². The number of rotatable bonds is 6. The summed E-state index contributed by atoms with van der Waals surface area (Å²) in [6.07, 6.45) is 0.0109. The minimum absolute atomic E-state index is 0.0263. The Hall–Kier alpha value is -2.97. The molecule has 9 heteroatoms. The molecule has 2 aromatic rings. The summed E-state index contributed by atoms with van der Waals surface area (Å²) in [5.41, 5.74) is -0.507. The molecule has 2 amide bonds. The van der Waals surface area contributed by atoms with Gasteiger partial charge in [-0.3, -0.25) is 9.59 Å². The summed E-state index contributed by atoms with van der Waals surface area (Å²) < 4.78 is 49.8. The molecule has 0 saturated carbocycles. The molecule has 6 nitrogen and oxygen atoms in total. The molecule has 0 bridgehead atoms. The van der Waals surface area contributed by atoms with Crippen LogP contribution in [0.3, 0.4) is 0 Å². The first-order valence-electron chi connectivity index (χ1n) is 9.76. The molecule has 30 heavy (non-hydrogen) atoms. The van der Waals surface area contributed by atoms with E-state index in [-0.39, 0.29) is 23.9 Å². The number of halogens is 3. The lowest BCUT2D eigenvalue weighted by Gasteiger charge is -2.32. The summed E-state index contributed by atoms with van der Waals surface area (Å²) in [6, 6.07) is 4.56. The molecule has 1 aromatic carbocycles. The highest BCUT2D eigenvalue weighted by molar-refractivity contribution is 5.96. The molecule has 1 aliphatic heterocycles. The largest absolute Gasteiger partial charge is 0.491 e. The molecule has 1 atom stereocenters. The first kappa shape index (κ1) is 21.7. The zero-order valence-corrected chi connectivity index (χ0v) is 16.5. The lowest BCUT2D eigenvalue weighted by molar-refractivity contribution is -0.137. The summed E-state index contributed by atoms with van der Waals surface area (Å²) in [5.74, 6) is -1.05. The van der Waals surface area contributed by atoms with Gasteiger partial charge in [0.1, 0.15) is 12.0 Å². The predicted molar refractivity (Wildman–Crippen MR) is 103 cm³/mol. The quantitative estimate of drug-likeness (QED) is 0.737. The highest BCUT2D eigenvalue weighted by Crippen LogP contribution is 2.35. The SMILES string of the molecule is CCCOc1ccc(C(F)(F)F)cc1NC(=O)C1CCCN(C(=O)c2ccoc2)C1. The van der Waals surface area contributed by atoms with E-state index in [9.17, 15) is 22.8 Å². The number of piperidine rings is 1. The molecular formula is C21H23F3N2O4. The molecule has 1 fully saturated rings. The maximum absolute atomic E-state index is 13.1. The lowest BCUT2D eigenvalue weighted by Crippen LogP contribution is -2.43. The third kappa shape index (κ3) is 5.14. The van der Waals surface area contributed by atoms with E-state index in [1.165, 1.54) is 18.6 Å². The number of nitrogens with zero attached hydrogens (tertiary/aromatic N) is 1. The number of likely N-dealkylation sites (tertiary alicyclic amines) is 1. The van der Waals surface area contributed by atoms with Gasteiger partial charge in [-0.05, 0) is 43.5 Å². The van der Waals surface area contributed by atoms with Gasteiger partial charge in [0.2, 0.25) is 5.91 Å². The first-order chi connectivity index (χ1) is 14.3. The highest BCUT2D eigenvalue weighted by Gasteiger charge is 2.33. The lowest BCUT2D eigenvalue weighted by atomic mass is 9.96. The van der Waals surface area contributed by atoms with Gasteiger partial charge in [-0.15, -0.1) is 0 Å².